The number of piperidine rings is 1. The molecule has 0 radical (unpaired) electrons. The van der Waals surface area contributed by atoms with Crippen LogP contribution in [-0.2, 0) is 10.0 Å². The first-order chi connectivity index (χ1) is 17.9. The molecule has 37 heavy (non-hydrogen) atoms. The molecule has 4 N–H and O–H groups in total. The molecule has 1 aromatic carbocycles. The lowest BCUT2D eigenvalue weighted by Gasteiger charge is -2.31. The number of aliphatic hydroxyl groups is 1. The Kier molecular flexibility index (Phi) is 7.72. The van der Waals surface area contributed by atoms with Crippen LogP contribution in [0.15, 0.2) is 63.7 Å². The largest absolute Gasteiger partial charge is 0.489 e. The van der Waals surface area contributed by atoms with Crippen molar-refractivity contribution in [1.82, 2.24) is 24.6 Å². The number of imidazole rings is 1. The molecule has 1 aliphatic heterocycles. The minimum absolute atomic E-state index is 0.0807. The van der Waals surface area contributed by atoms with Crippen molar-refractivity contribution in [2.24, 2.45) is 5.92 Å². The van der Waals surface area contributed by atoms with Crippen LogP contribution in [0.1, 0.15) is 12.8 Å². The van der Waals surface area contributed by atoms with Crippen molar-refractivity contribution < 1.29 is 18.3 Å². The van der Waals surface area contributed by atoms with Gasteiger partial charge in [0.05, 0.1) is 16.1 Å². The number of thiophene rings is 1. The van der Waals surface area contributed by atoms with E-state index >= 15 is 0 Å². The molecule has 1 atom stereocenters. The third kappa shape index (κ3) is 5.94. The molecule has 4 aromatic rings. The zero-order chi connectivity index (χ0) is 25.8. The molecule has 0 bridgehead atoms. The first-order valence-corrected chi connectivity index (χ1v) is 14.4. The summed E-state index contributed by atoms with van der Waals surface area (Å²) in [6.45, 7) is 2.06. The maximum absolute atomic E-state index is 13.1. The van der Waals surface area contributed by atoms with Crippen LogP contribution in [0.3, 0.4) is 0 Å². The molecule has 196 valence electrons. The zero-order valence-corrected chi connectivity index (χ0v) is 21.7. The maximum atomic E-state index is 13.1. The van der Waals surface area contributed by atoms with E-state index in [0.717, 1.165) is 23.4 Å². The second-order valence-electron chi connectivity index (χ2n) is 9.06. The van der Waals surface area contributed by atoms with Gasteiger partial charge >= 0.3 is 5.69 Å². The van der Waals surface area contributed by atoms with Crippen molar-refractivity contribution in [2.45, 2.75) is 23.2 Å². The fourth-order valence-electron chi connectivity index (χ4n) is 4.44. The van der Waals surface area contributed by atoms with Gasteiger partial charge in [-0.2, -0.15) is 4.31 Å². The van der Waals surface area contributed by atoms with Crippen molar-refractivity contribution >= 4 is 32.4 Å². The standard InChI is InChI=1S/C25H29N5O5S2/c31-18(16-35-21-6-3-5-20-24(21)29-25(32)28-20)15-26-14-17-9-12-30(13-10-17)37(33,34)23-8-7-22(36-23)19-4-1-2-11-27-19/h1-8,11,17-18,26,31H,9-10,12-16H2,(H2,28,29,32)/t18-/m0/s1. The van der Waals surface area contributed by atoms with Gasteiger partial charge in [0.25, 0.3) is 10.0 Å². The number of hydrogen-bond acceptors (Lipinski definition) is 8. The van der Waals surface area contributed by atoms with Crippen LogP contribution in [0.4, 0.5) is 0 Å². The summed E-state index contributed by atoms with van der Waals surface area (Å²) in [5.74, 6) is 0.826. The summed E-state index contributed by atoms with van der Waals surface area (Å²) >= 11 is 1.25. The molecule has 12 heteroatoms. The van der Waals surface area contributed by atoms with E-state index in [2.05, 4.69) is 20.3 Å². The molecular formula is C25H29N5O5S2. The van der Waals surface area contributed by atoms with Gasteiger partial charge in [-0.25, -0.2) is 13.2 Å². The van der Waals surface area contributed by atoms with Gasteiger partial charge in [0.1, 0.15) is 28.2 Å². The topological polar surface area (TPSA) is 140 Å². The highest BCUT2D eigenvalue weighted by molar-refractivity contribution is 7.91. The third-order valence-electron chi connectivity index (χ3n) is 6.42. The van der Waals surface area contributed by atoms with Gasteiger partial charge in [-0.15, -0.1) is 11.3 Å². The lowest BCUT2D eigenvalue weighted by molar-refractivity contribution is 0.105. The Balaban J connectivity index is 1.06. The van der Waals surface area contributed by atoms with Crippen LogP contribution >= 0.6 is 11.3 Å². The number of nitrogens with zero attached hydrogens (tertiary/aromatic N) is 2. The van der Waals surface area contributed by atoms with Crippen molar-refractivity contribution in [3.05, 3.63) is 65.2 Å². The molecule has 0 aliphatic carbocycles. The highest BCUT2D eigenvalue weighted by Gasteiger charge is 2.30. The molecule has 1 fully saturated rings. The molecule has 0 saturated carbocycles. The van der Waals surface area contributed by atoms with E-state index in [1.54, 1.807) is 34.8 Å². The van der Waals surface area contributed by atoms with Gasteiger partial charge in [0.15, 0.2) is 0 Å². The van der Waals surface area contributed by atoms with Crippen LogP contribution in [0.2, 0.25) is 0 Å². The van der Waals surface area contributed by atoms with E-state index in [9.17, 15) is 18.3 Å². The van der Waals surface area contributed by atoms with E-state index in [1.165, 1.54) is 11.3 Å². The summed E-state index contributed by atoms with van der Waals surface area (Å²) < 4.78 is 33.9. The Labute approximate surface area is 218 Å². The Hall–Kier alpha value is -3.03. The predicted molar refractivity (Wildman–Crippen MR) is 142 cm³/mol. The van der Waals surface area contributed by atoms with Crippen LogP contribution in [0.25, 0.3) is 21.6 Å². The fourth-order valence-corrected chi connectivity index (χ4v) is 7.34. The number of hydrogen-bond donors (Lipinski definition) is 4. The Bertz CT molecular complexity index is 1490. The number of benzene rings is 1. The summed E-state index contributed by atoms with van der Waals surface area (Å²) in [4.78, 5) is 22.0. The number of ether oxygens (including phenoxy) is 1. The van der Waals surface area contributed by atoms with Crippen molar-refractivity contribution in [3.63, 3.8) is 0 Å². The number of aromatic amines is 2. The zero-order valence-electron chi connectivity index (χ0n) is 20.1. The fraction of sp³-hybridized carbons (Fsp3) is 0.360. The molecule has 5 rings (SSSR count). The molecule has 0 unspecified atom stereocenters. The van der Waals surface area contributed by atoms with Crippen LogP contribution in [0, 0.1) is 5.92 Å². The number of pyridine rings is 1. The highest BCUT2D eigenvalue weighted by atomic mass is 32.2. The molecule has 1 saturated heterocycles. The maximum Gasteiger partial charge on any atom is 0.323 e. The number of H-pyrrole nitrogens is 2. The monoisotopic (exact) mass is 543 g/mol. The number of fused-ring (bicyclic) bond motifs is 1. The number of para-hydroxylation sites is 1. The van der Waals surface area contributed by atoms with Crippen LogP contribution in [-0.4, -0.2) is 71.7 Å². The van der Waals surface area contributed by atoms with E-state index in [-0.39, 0.29) is 12.3 Å². The summed E-state index contributed by atoms with van der Waals surface area (Å²) in [5, 5.41) is 13.6. The van der Waals surface area contributed by atoms with E-state index < -0.39 is 16.1 Å². The minimum atomic E-state index is -3.53. The second-order valence-corrected chi connectivity index (χ2v) is 12.3. The first kappa shape index (κ1) is 25.6. The number of rotatable bonds is 10. The normalized spacial score (nSPS) is 16.2. The summed E-state index contributed by atoms with van der Waals surface area (Å²) in [5.41, 5.74) is 1.68. The van der Waals surface area contributed by atoms with Crippen molar-refractivity contribution in [1.29, 1.82) is 0 Å². The average Bonchev–Trinajstić information content (AvgIpc) is 3.55. The van der Waals surface area contributed by atoms with E-state index in [0.29, 0.717) is 53.1 Å². The minimum Gasteiger partial charge on any atom is -0.489 e. The third-order valence-corrected chi connectivity index (χ3v) is 9.90. The Morgan fingerprint density at radius 1 is 1.14 bits per heavy atom. The van der Waals surface area contributed by atoms with Gasteiger partial charge in [-0.3, -0.25) is 4.98 Å². The van der Waals surface area contributed by atoms with E-state index in [4.69, 9.17) is 4.74 Å². The summed E-state index contributed by atoms with van der Waals surface area (Å²) in [6.07, 6.45) is 2.47. The summed E-state index contributed by atoms with van der Waals surface area (Å²) in [6, 6.07) is 14.3. The highest BCUT2D eigenvalue weighted by Crippen LogP contribution is 2.32. The molecule has 0 amide bonds. The molecule has 4 heterocycles. The van der Waals surface area contributed by atoms with Crippen LogP contribution in [0.5, 0.6) is 5.75 Å². The molecule has 10 nitrogen and oxygen atoms in total. The van der Waals surface area contributed by atoms with E-state index in [1.807, 2.05) is 24.3 Å². The molecular weight excluding hydrogens is 514 g/mol. The molecule has 3 aromatic heterocycles. The quantitative estimate of drug-likeness (QED) is 0.241. The molecule has 1 aliphatic rings. The average molecular weight is 544 g/mol. The summed E-state index contributed by atoms with van der Waals surface area (Å²) in [7, 11) is -3.53. The first-order valence-electron chi connectivity index (χ1n) is 12.1. The van der Waals surface area contributed by atoms with Crippen LogP contribution < -0.4 is 15.7 Å². The lowest BCUT2D eigenvalue weighted by atomic mass is 9.98. The number of nitrogens with one attached hydrogen (secondary N) is 3. The van der Waals surface area contributed by atoms with Gasteiger partial charge in [-0.1, -0.05) is 12.1 Å². The smallest absolute Gasteiger partial charge is 0.323 e. The van der Waals surface area contributed by atoms with Crippen molar-refractivity contribution in [3.8, 4) is 16.3 Å². The number of aliphatic hydroxyl groups excluding tert-OH is 1. The Morgan fingerprint density at radius 2 is 1.97 bits per heavy atom. The van der Waals surface area contributed by atoms with Crippen molar-refractivity contribution in [2.75, 3.05) is 32.8 Å². The Morgan fingerprint density at radius 3 is 2.76 bits per heavy atom. The lowest BCUT2D eigenvalue weighted by Crippen LogP contribution is -2.41. The van der Waals surface area contributed by atoms with Gasteiger partial charge in [0.2, 0.25) is 0 Å². The predicted octanol–water partition coefficient (Wildman–Crippen LogP) is 2.41. The number of aromatic nitrogens is 3. The SMILES string of the molecule is O=c1[nH]c2cccc(OC[C@@H](O)CNCC3CCN(S(=O)(=O)c4ccc(-c5ccccn5)s4)CC3)c2[nH]1. The molecule has 0 spiro atoms. The number of sulfonamides is 1. The van der Waals surface area contributed by atoms with Gasteiger partial charge < -0.3 is 25.1 Å². The van der Waals surface area contributed by atoms with Gasteiger partial charge in [0, 0.05) is 25.8 Å². The van der Waals surface area contributed by atoms with Gasteiger partial charge in [-0.05, 0) is 61.7 Å². The second kappa shape index (κ2) is 11.2.